The molecule has 5 heteroatoms. The lowest BCUT2D eigenvalue weighted by molar-refractivity contribution is -0.126. The van der Waals surface area contributed by atoms with Gasteiger partial charge in [0.2, 0.25) is 5.91 Å². The molecule has 5 nitrogen and oxygen atoms in total. The highest BCUT2D eigenvalue weighted by molar-refractivity contribution is 5.80. The molecule has 1 unspecified atom stereocenters. The molecule has 19 heavy (non-hydrogen) atoms. The Morgan fingerprint density at radius 1 is 1.47 bits per heavy atom. The average Bonchev–Trinajstić information content (AvgIpc) is 2.34. The van der Waals surface area contributed by atoms with Crippen molar-refractivity contribution in [2.75, 3.05) is 19.6 Å². The van der Waals surface area contributed by atoms with Crippen LogP contribution in [0, 0.1) is 18.3 Å². The summed E-state index contributed by atoms with van der Waals surface area (Å²) >= 11 is 0. The Kier molecular flexibility index (Phi) is 5.22. The number of nitrogens with zero attached hydrogens (tertiary/aromatic N) is 1. The summed E-state index contributed by atoms with van der Waals surface area (Å²) in [6.07, 6.45) is 6.32. The Labute approximate surface area is 114 Å². The molecule has 0 spiro atoms. The maximum Gasteiger partial charge on any atom is 0.410 e. The SMILES string of the molecule is C#CCNC(=O)C1CCCN(C(=O)OC(C)(C)C)C1. The van der Waals surface area contributed by atoms with Gasteiger partial charge in [0.25, 0.3) is 0 Å². The highest BCUT2D eigenvalue weighted by Crippen LogP contribution is 2.19. The first-order chi connectivity index (χ1) is 8.83. The second-order valence-electron chi connectivity index (χ2n) is 5.69. The number of ether oxygens (including phenoxy) is 1. The van der Waals surface area contributed by atoms with Crippen molar-refractivity contribution in [1.82, 2.24) is 10.2 Å². The van der Waals surface area contributed by atoms with Crippen LogP contribution >= 0.6 is 0 Å². The van der Waals surface area contributed by atoms with Crippen molar-refractivity contribution in [3.63, 3.8) is 0 Å². The van der Waals surface area contributed by atoms with Crippen LogP contribution in [-0.2, 0) is 9.53 Å². The van der Waals surface area contributed by atoms with Crippen LogP contribution < -0.4 is 5.32 Å². The average molecular weight is 266 g/mol. The third-order valence-corrected chi connectivity index (χ3v) is 2.81. The third-order valence-electron chi connectivity index (χ3n) is 2.81. The smallest absolute Gasteiger partial charge is 0.410 e. The van der Waals surface area contributed by atoms with Gasteiger partial charge < -0.3 is 15.0 Å². The van der Waals surface area contributed by atoms with Crippen molar-refractivity contribution < 1.29 is 14.3 Å². The standard InChI is InChI=1S/C14H22N2O3/c1-5-8-15-12(17)11-7-6-9-16(10-11)13(18)19-14(2,3)4/h1,11H,6-10H2,2-4H3,(H,15,17). The first-order valence-electron chi connectivity index (χ1n) is 6.52. The quantitative estimate of drug-likeness (QED) is 0.768. The normalized spacial score (nSPS) is 19.5. The zero-order valence-corrected chi connectivity index (χ0v) is 11.9. The second-order valence-corrected chi connectivity index (χ2v) is 5.69. The molecule has 1 heterocycles. The first-order valence-corrected chi connectivity index (χ1v) is 6.52. The molecular formula is C14H22N2O3. The van der Waals surface area contributed by atoms with E-state index in [2.05, 4.69) is 11.2 Å². The van der Waals surface area contributed by atoms with Crippen LogP contribution in [0.5, 0.6) is 0 Å². The van der Waals surface area contributed by atoms with Crippen molar-refractivity contribution in [3.8, 4) is 12.3 Å². The Bertz CT molecular complexity index is 379. The molecule has 2 amide bonds. The van der Waals surface area contributed by atoms with Gasteiger partial charge in [-0.3, -0.25) is 4.79 Å². The van der Waals surface area contributed by atoms with Crippen LogP contribution in [0.3, 0.4) is 0 Å². The molecule has 0 aliphatic carbocycles. The molecule has 0 aromatic carbocycles. The number of likely N-dealkylation sites (tertiary alicyclic amines) is 1. The van der Waals surface area contributed by atoms with Crippen LogP contribution in [0.1, 0.15) is 33.6 Å². The van der Waals surface area contributed by atoms with E-state index in [-0.39, 0.29) is 24.5 Å². The van der Waals surface area contributed by atoms with Crippen molar-refractivity contribution in [1.29, 1.82) is 0 Å². The third kappa shape index (κ3) is 5.21. The maximum atomic E-state index is 11.9. The number of amides is 2. The topological polar surface area (TPSA) is 58.6 Å². The summed E-state index contributed by atoms with van der Waals surface area (Å²) in [4.78, 5) is 25.4. The lowest BCUT2D eigenvalue weighted by Gasteiger charge is -2.33. The molecule has 0 aromatic rings. The van der Waals surface area contributed by atoms with E-state index < -0.39 is 5.60 Å². The van der Waals surface area contributed by atoms with Gasteiger partial charge in [0.15, 0.2) is 0 Å². The van der Waals surface area contributed by atoms with Crippen molar-refractivity contribution in [2.45, 2.75) is 39.2 Å². The summed E-state index contributed by atoms with van der Waals surface area (Å²) in [6.45, 7) is 6.73. The minimum absolute atomic E-state index is 0.0915. The number of rotatable bonds is 2. The lowest BCUT2D eigenvalue weighted by atomic mass is 9.97. The predicted octanol–water partition coefficient (Wildman–Crippen LogP) is 1.38. The highest BCUT2D eigenvalue weighted by atomic mass is 16.6. The summed E-state index contributed by atoms with van der Waals surface area (Å²) in [7, 11) is 0. The molecule has 1 fully saturated rings. The van der Waals surface area contributed by atoms with E-state index in [4.69, 9.17) is 11.2 Å². The zero-order chi connectivity index (χ0) is 14.5. The maximum absolute atomic E-state index is 11.9. The second kappa shape index (κ2) is 6.46. The lowest BCUT2D eigenvalue weighted by Crippen LogP contribution is -2.47. The van der Waals surface area contributed by atoms with E-state index in [1.165, 1.54) is 0 Å². The molecule has 0 bridgehead atoms. The van der Waals surface area contributed by atoms with Gasteiger partial charge >= 0.3 is 6.09 Å². The molecule has 0 aromatic heterocycles. The van der Waals surface area contributed by atoms with Crippen molar-refractivity contribution in [2.24, 2.45) is 5.92 Å². The molecule has 1 rings (SSSR count). The van der Waals surface area contributed by atoms with Crippen LogP contribution in [0.4, 0.5) is 4.79 Å². The van der Waals surface area contributed by atoms with Gasteiger partial charge in [0.05, 0.1) is 12.5 Å². The van der Waals surface area contributed by atoms with Gasteiger partial charge in [-0.2, -0.15) is 0 Å². The van der Waals surface area contributed by atoms with Gasteiger partial charge in [-0.15, -0.1) is 6.42 Å². The van der Waals surface area contributed by atoms with Crippen LogP contribution in [0.2, 0.25) is 0 Å². The van der Waals surface area contributed by atoms with Gasteiger partial charge in [0, 0.05) is 13.1 Å². The fourth-order valence-corrected chi connectivity index (χ4v) is 1.97. The Morgan fingerprint density at radius 3 is 2.74 bits per heavy atom. The van der Waals surface area contributed by atoms with E-state index in [0.717, 1.165) is 12.8 Å². The Morgan fingerprint density at radius 2 is 2.16 bits per heavy atom. The highest BCUT2D eigenvalue weighted by Gasteiger charge is 2.30. The zero-order valence-electron chi connectivity index (χ0n) is 11.9. The van der Waals surface area contributed by atoms with Crippen LogP contribution in [0.25, 0.3) is 0 Å². The molecule has 1 N–H and O–H groups in total. The number of piperidine rings is 1. The predicted molar refractivity (Wildman–Crippen MR) is 72.4 cm³/mol. The Balaban J connectivity index is 2.52. The fraction of sp³-hybridized carbons (Fsp3) is 0.714. The van der Waals surface area contributed by atoms with Gasteiger partial charge in [-0.1, -0.05) is 5.92 Å². The molecule has 0 saturated carbocycles. The summed E-state index contributed by atoms with van der Waals surface area (Å²) in [5.74, 6) is 2.07. The molecule has 1 aliphatic heterocycles. The van der Waals surface area contributed by atoms with E-state index in [0.29, 0.717) is 13.1 Å². The minimum atomic E-state index is -0.518. The minimum Gasteiger partial charge on any atom is -0.444 e. The summed E-state index contributed by atoms with van der Waals surface area (Å²) < 4.78 is 5.31. The number of terminal acetylenes is 1. The summed E-state index contributed by atoms with van der Waals surface area (Å²) in [5, 5.41) is 2.66. The summed E-state index contributed by atoms with van der Waals surface area (Å²) in [5.41, 5.74) is -0.518. The van der Waals surface area contributed by atoms with E-state index in [9.17, 15) is 9.59 Å². The number of carbonyl (C=O) groups excluding carboxylic acids is 2. The monoisotopic (exact) mass is 266 g/mol. The van der Waals surface area contributed by atoms with Crippen LogP contribution in [0.15, 0.2) is 0 Å². The Hall–Kier alpha value is -1.70. The van der Waals surface area contributed by atoms with Gasteiger partial charge in [-0.05, 0) is 33.6 Å². The molecule has 106 valence electrons. The first kappa shape index (κ1) is 15.4. The molecule has 1 aliphatic rings. The number of hydrogen-bond donors (Lipinski definition) is 1. The number of carbonyl (C=O) groups is 2. The van der Waals surface area contributed by atoms with Gasteiger partial charge in [-0.25, -0.2) is 4.79 Å². The van der Waals surface area contributed by atoms with E-state index in [1.54, 1.807) is 4.90 Å². The van der Waals surface area contributed by atoms with E-state index in [1.807, 2.05) is 20.8 Å². The number of hydrogen-bond acceptors (Lipinski definition) is 3. The van der Waals surface area contributed by atoms with Crippen molar-refractivity contribution >= 4 is 12.0 Å². The summed E-state index contributed by atoms with van der Waals surface area (Å²) in [6, 6.07) is 0. The van der Waals surface area contributed by atoms with Crippen LogP contribution in [-0.4, -0.2) is 42.1 Å². The van der Waals surface area contributed by atoms with E-state index >= 15 is 0 Å². The molecule has 1 atom stereocenters. The number of nitrogens with one attached hydrogen (secondary N) is 1. The largest absolute Gasteiger partial charge is 0.444 e. The van der Waals surface area contributed by atoms with Crippen molar-refractivity contribution in [3.05, 3.63) is 0 Å². The fourth-order valence-electron chi connectivity index (χ4n) is 1.97. The van der Waals surface area contributed by atoms with Gasteiger partial charge in [0.1, 0.15) is 5.60 Å². The molecule has 1 saturated heterocycles. The molecular weight excluding hydrogens is 244 g/mol. The molecule has 0 radical (unpaired) electrons.